The fourth-order valence-corrected chi connectivity index (χ4v) is 4.57. The van der Waals surface area contributed by atoms with Gasteiger partial charge < -0.3 is 0 Å². The summed E-state index contributed by atoms with van der Waals surface area (Å²) in [5, 5.41) is 3.35. The second-order valence-corrected chi connectivity index (χ2v) is 9.51. The Balaban J connectivity index is 1.50. The lowest BCUT2D eigenvalue weighted by Crippen LogP contribution is -2.17. The van der Waals surface area contributed by atoms with Gasteiger partial charge in [0.05, 0.1) is 10.6 Å². The minimum Gasteiger partial charge on any atom is -0.298 e. The zero-order chi connectivity index (χ0) is 20.6. The molecule has 0 radical (unpaired) electrons. The van der Waals surface area contributed by atoms with E-state index in [1.807, 2.05) is 42.5 Å². The number of nitrogens with zero attached hydrogens (tertiary/aromatic N) is 1. The van der Waals surface area contributed by atoms with E-state index in [1.165, 1.54) is 16.9 Å². The highest BCUT2D eigenvalue weighted by molar-refractivity contribution is 7.17. The Morgan fingerprint density at radius 1 is 1.03 bits per heavy atom. The Labute approximate surface area is 175 Å². The predicted molar refractivity (Wildman–Crippen MR) is 117 cm³/mol. The zero-order valence-corrected chi connectivity index (χ0v) is 17.7. The number of hydrogen-bond acceptors (Lipinski definition) is 4. The van der Waals surface area contributed by atoms with Gasteiger partial charge >= 0.3 is 0 Å². The van der Waals surface area contributed by atoms with Crippen LogP contribution >= 0.6 is 11.3 Å². The van der Waals surface area contributed by atoms with E-state index in [0.717, 1.165) is 17.7 Å². The van der Waals surface area contributed by atoms with Crippen molar-refractivity contribution in [3.63, 3.8) is 0 Å². The third-order valence-electron chi connectivity index (χ3n) is 5.33. The average Bonchev–Trinajstić information content (AvgIpc) is 3.11. The van der Waals surface area contributed by atoms with Crippen molar-refractivity contribution in [3.05, 3.63) is 81.9 Å². The largest absolute Gasteiger partial charge is 0.298 e. The first-order valence-electron chi connectivity index (χ1n) is 9.81. The summed E-state index contributed by atoms with van der Waals surface area (Å²) in [5.41, 5.74) is 3.75. The molecule has 3 aromatic rings. The molecule has 0 bridgehead atoms. The first kappa shape index (κ1) is 19.5. The van der Waals surface area contributed by atoms with Crippen molar-refractivity contribution in [1.29, 1.82) is 0 Å². The normalized spacial score (nSPS) is 16.4. The molecule has 1 heterocycles. The third kappa shape index (κ3) is 4.15. The highest BCUT2D eigenvalue weighted by Crippen LogP contribution is 2.36. The molecule has 0 saturated heterocycles. The van der Waals surface area contributed by atoms with Gasteiger partial charge in [-0.05, 0) is 41.0 Å². The number of hydrogen-bond donors (Lipinski definition) is 1. The van der Waals surface area contributed by atoms with Gasteiger partial charge in [0.15, 0.2) is 10.9 Å². The second kappa shape index (κ2) is 7.56. The molecule has 0 fully saturated rings. The molecule has 1 aromatic heterocycles. The van der Waals surface area contributed by atoms with Crippen molar-refractivity contribution in [3.8, 4) is 0 Å². The standard InChI is InChI=1S/C24H24N2O2S/c1-24(2,3)18-11-9-16(10-12-18)22(28)26-23-25-19-13-17(14-20(27)21(19)29-23)15-7-5-4-6-8-15/h4-12,17H,13-14H2,1-3H3,(H,25,26,28). The smallest absolute Gasteiger partial charge is 0.257 e. The predicted octanol–water partition coefficient (Wildman–Crippen LogP) is 5.61. The molecular weight excluding hydrogens is 380 g/mol. The Hall–Kier alpha value is -2.79. The monoisotopic (exact) mass is 404 g/mol. The summed E-state index contributed by atoms with van der Waals surface area (Å²) in [7, 11) is 0. The van der Waals surface area contributed by atoms with E-state index in [-0.39, 0.29) is 23.0 Å². The van der Waals surface area contributed by atoms with Gasteiger partial charge in [-0.1, -0.05) is 74.6 Å². The van der Waals surface area contributed by atoms with E-state index in [2.05, 4.69) is 43.2 Å². The Morgan fingerprint density at radius 3 is 2.38 bits per heavy atom. The number of aromatic nitrogens is 1. The summed E-state index contributed by atoms with van der Waals surface area (Å²) >= 11 is 1.28. The lowest BCUT2D eigenvalue weighted by atomic mass is 9.85. The van der Waals surface area contributed by atoms with Crippen LogP contribution in [0.5, 0.6) is 0 Å². The molecule has 0 aliphatic heterocycles. The lowest BCUT2D eigenvalue weighted by Gasteiger charge is -2.20. The molecule has 4 rings (SSSR count). The van der Waals surface area contributed by atoms with Crippen LogP contribution in [0.3, 0.4) is 0 Å². The van der Waals surface area contributed by atoms with E-state index in [4.69, 9.17) is 0 Å². The summed E-state index contributed by atoms with van der Waals surface area (Å²) in [6.45, 7) is 6.42. The molecule has 5 heteroatoms. The molecule has 148 valence electrons. The van der Waals surface area contributed by atoms with Gasteiger partial charge in [0.2, 0.25) is 0 Å². The van der Waals surface area contributed by atoms with Crippen LogP contribution in [0, 0.1) is 0 Å². The molecule has 2 aromatic carbocycles. The lowest BCUT2D eigenvalue weighted by molar-refractivity contribution is 0.0967. The molecular formula is C24H24N2O2S. The molecule has 1 N–H and O–H groups in total. The molecule has 1 atom stereocenters. The van der Waals surface area contributed by atoms with Crippen molar-refractivity contribution in [1.82, 2.24) is 4.98 Å². The maximum Gasteiger partial charge on any atom is 0.257 e. The number of thiazole rings is 1. The minimum absolute atomic E-state index is 0.0407. The Bertz CT molecular complexity index is 1050. The molecule has 0 spiro atoms. The first-order valence-corrected chi connectivity index (χ1v) is 10.6. The fraction of sp³-hybridized carbons (Fsp3) is 0.292. The average molecular weight is 405 g/mol. The number of carbonyl (C=O) groups is 2. The summed E-state index contributed by atoms with van der Waals surface area (Å²) in [6.07, 6.45) is 1.21. The van der Waals surface area contributed by atoms with Gasteiger partial charge in [0.25, 0.3) is 5.91 Å². The van der Waals surface area contributed by atoms with E-state index in [0.29, 0.717) is 22.0 Å². The Morgan fingerprint density at radius 2 is 1.72 bits per heavy atom. The topological polar surface area (TPSA) is 59.1 Å². The van der Waals surface area contributed by atoms with Gasteiger partial charge in [-0.25, -0.2) is 4.98 Å². The number of carbonyl (C=O) groups excluding carboxylic acids is 2. The summed E-state index contributed by atoms with van der Waals surface area (Å²) in [5.74, 6) is 0.0445. The van der Waals surface area contributed by atoms with Crippen LogP contribution in [0.15, 0.2) is 54.6 Å². The number of amides is 1. The van der Waals surface area contributed by atoms with Crippen molar-refractivity contribution >= 4 is 28.2 Å². The molecule has 29 heavy (non-hydrogen) atoms. The quantitative estimate of drug-likeness (QED) is 0.618. The summed E-state index contributed by atoms with van der Waals surface area (Å²) in [4.78, 5) is 30.5. The molecule has 1 amide bonds. The van der Waals surface area contributed by atoms with Gasteiger partial charge in [-0.2, -0.15) is 0 Å². The minimum atomic E-state index is -0.205. The Kier molecular flexibility index (Phi) is 5.09. The summed E-state index contributed by atoms with van der Waals surface area (Å²) in [6, 6.07) is 17.7. The molecule has 1 aliphatic rings. The van der Waals surface area contributed by atoms with Crippen LogP contribution in [0.25, 0.3) is 0 Å². The molecule has 4 nitrogen and oxygen atoms in total. The van der Waals surface area contributed by atoms with Gasteiger partial charge in [-0.3, -0.25) is 14.9 Å². The zero-order valence-electron chi connectivity index (χ0n) is 16.9. The van der Waals surface area contributed by atoms with Crippen LogP contribution in [-0.2, 0) is 11.8 Å². The van der Waals surface area contributed by atoms with Crippen molar-refractivity contribution < 1.29 is 9.59 Å². The van der Waals surface area contributed by atoms with E-state index >= 15 is 0 Å². The molecule has 0 saturated carbocycles. The maximum atomic E-state index is 12.6. The highest BCUT2D eigenvalue weighted by Gasteiger charge is 2.30. The van der Waals surface area contributed by atoms with Crippen molar-refractivity contribution in [2.45, 2.75) is 44.9 Å². The van der Waals surface area contributed by atoms with Gasteiger partial charge in [0, 0.05) is 12.0 Å². The molecule has 1 aliphatic carbocycles. The van der Waals surface area contributed by atoms with E-state index in [9.17, 15) is 9.59 Å². The SMILES string of the molecule is CC(C)(C)c1ccc(C(=O)Nc2nc3c(s2)C(=O)CC(c2ccccc2)C3)cc1. The van der Waals surface area contributed by atoms with Crippen molar-refractivity contribution in [2.75, 3.05) is 5.32 Å². The summed E-state index contributed by atoms with van der Waals surface area (Å²) < 4.78 is 0. The third-order valence-corrected chi connectivity index (χ3v) is 6.38. The maximum absolute atomic E-state index is 12.6. The van der Waals surface area contributed by atoms with Gasteiger partial charge in [0.1, 0.15) is 0 Å². The number of rotatable bonds is 3. The highest BCUT2D eigenvalue weighted by atomic mass is 32.1. The van der Waals surface area contributed by atoms with Crippen LogP contribution in [-0.4, -0.2) is 16.7 Å². The van der Waals surface area contributed by atoms with E-state index < -0.39 is 0 Å². The van der Waals surface area contributed by atoms with Crippen LogP contribution < -0.4 is 5.32 Å². The van der Waals surface area contributed by atoms with Crippen LogP contribution in [0.4, 0.5) is 5.13 Å². The van der Waals surface area contributed by atoms with Crippen molar-refractivity contribution in [2.24, 2.45) is 0 Å². The first-order chi connectivity index (χ1) is 13.8. The molecule has 1 unspecified atom stereocenters. The van der Waals surface area contributed by atoms with Crippen LogP contribution in [0.1, 0.15) is 70.0 Å². The number of Topliss-reactive ketones (excluding diaryl/α,β-unsaturated/α-hetero) is 1. The number of benzene rings is 2. The number of ketones is 1. The fourth-order valence-electron chi connectivity index (χ4n) is 3.64. The van der Waals surface area contributed by atoms with Gasteiger partial charge in [-0.15, -0.1) is 0 Å². The van der Waals surface area contributed by atoms with Crippen LogP contribution in [0.2, 0.25) is 0 Å². The number of nitrogens with one attached hydrogen (secondary N) is 1. The van der Waals surface area contributed by atoms with E-state index in [1.54, 1.807) is 0 Å². The number of fused-ring (bicyclic) bond motifs is 1. The second-order valence-electron chi connectivity index (χ2n) is 8.52. The number of anilines is 1.